The number of thiophene rings is 1. The summed E-state index contributed by atoms with van der Waals surface area (Å²) >= 11 is 1.71. The Morgan fingerprint density at radius 3 is 2.43 bits per heavy atom. The third kappa shape index (κ3) is 2.24. The Morgan fingerprint density at radius 1 is 1.00 bits per heavy atom. The van der Waals surface area contributed by atoms with E-state index in [2.05, 4.69) is 17.5 Å². The highest BCUT2D eigenvalue weighted by molar-refractivity contribution is 7.10. The van der Waals surface area contributed by atoms with Crippen LogP contribution < -0.4 is 0 Å². The van der Waals surface area contributed by atoms with Crippen LogP contribution in [-0.2, 0) is 0 Å². The number of aromatic hydroxyl groups is 1. The molecular weight excluding hydrogens is 192 g/mol. The lowest BCUT2D eigenvalue weighted by Crippen LogP contribution is -1.69. The number of rotatable bonds is 2. The molecule has 1 aromatic heterocycles. The summed E-state index contributed by atoms with van der Waals surface area (Å²) in [5.74, 6) is 0.304. The van der Waals surface area contributed by atoms with Gasteiger partial charge in [-0.15, -0.1) is 11.3 Å². The van der Waals surface area contributed by atoms with Crippen molar-refractivity contribution < 1.29 is 5.11 Å². The van der Waals surface area contributed by atoms with Crippen molar-refractivity contribution in [3.63, 3.8) is 0 Å². The molecule has 2 rings (SSSR count). The van der Waals surface area contributed by atoms with Crippen LogP contribution in [-0.4, -0.2) is 5.11 Å². The summed E-state index contributed by atoms with van der Waals surface area (Å²) in [5.41, 5.74) is 1.09. The van der Waals surface area contributed by atoms with Crippen LogP contribution in [0.5, 0.6) is 5.75 Å². The molecule has 1 nitrogen and oxygen atoms in total. The lowest BCUT2D eigenvalue weighted by atomic mass is 10.2. The molecule has 0 radical (unpaired) electrons. The molecule has 0 amide bonds. The zero-order valence-corrected chi connectivity index (χ0v) is 8.37. The molecule has 0 aliphatic heterocycles. The first-order valence-corrected chi connectivity index (χ1v) is 5.23. The van der Waals surface area contributed by atoms with Crippen molar-refractivity contribution in [1.82, 2.24) is 0 Å². The maximum Gasteiger partial charge on any atom is 0.115 e. The standard InChI is InChI=1S/C12H10OS/c13-11-6-3-10(4-7-11)5-8-12-2-1-9-14-12/h1-9,13H/b8-5+. The molecule has 0 atom stereocenters. The molecule has 2 aromatic rings. The fourth-order valence-electron chi connectivity index (χ4n) is 1.15. The van der Waals surface area contributed by atoms with Gasteiger partial charge in [-0.1, -0.05) is 24.3 Å². The highest BCUT2D eigenvalue weighted by Crippen LogP contribution is 2.15. The first kappa shape index (κ1) is 9.03. The number of benzene rings is 1. The second kappa shape index (κ2) is 4.11. The van der Waals surface area contributed by atoms with Gasteiger partial charge in [0.1, 0.15) is 5.75 Å². The van der Waals surface area contributed by atoms with Gasteiger partial charge in [0.2, 0.25) is 0 Å². The van der Waals surface area contributed by atoms with Crippen molar-refractivity contribution in [3.05, 3.63) is 52.2 Å². The molecule has 0 bridgehead atoms. The van der Waals surface area contributed by atoms with Crippen molar-refractivity contribution in [2.75, 3.05) is 0 Å². The van der Waals surface area contributed by atoms with Crippen molar-refractivity contribution >= 4 is 23.5 Å². The van der Waals surface area contributed by atoms with Gasteiger partial charge in [0, 0.05) is 4.88 Å². The van der Waals surface area contributed by atoms with Crippen molar-refractivity contribution in [3.8, 4) is 5.75 Å². The highest BCUT2D eigenvalue weighted by atomic mass is 32.1. The van der Waals surface area contributed by atoms with Crippen LogP contribution in [0.4, 0.5) is 0 Å². The first-order valence-electron chi connectivity index (χ1n) is 4.35. The average molecular weight is 202 g/mol. The van der Waals surface area contributed by atoms with Gasteiger partial charge in [-0.2, -0.15) is 0 Å². The molecule has 0 aliphatic rings. The molecule has 1 N–H and O–H groups in total. The quantitative estimate of drug-likeness (QED) is 0.788. The normalized spacial score (nSPS) is 10.9. The second-order valence-corrected chi connectivity index (χ2v) is 3.92. The van der Waals surface area contributed by atoms with E-state index in [1.807, 2.05) is 24.3 Å². The molecule has 0 aliphatic carbocycles. The van der Waals surface area contributed by atoms with Gasteiger partial charge in [0.25, 0.3) is 0 Å². The van der Waals surface area contributed by atoms with Crippen LogP contribution >= 0.6 is 11.3 Å². The Morgan fingerprint density at radius 2 is 1.79 bits per heavy atom. The van der Waals surface area contributed by atoms with E-state index in [1.54, 1.807) is 23.5 Å². The zero-order valence-electron chi connectivity index (χ0n) is 7.55. The fraction of sp³-hybridized carbons (Fsp3) is 0. The predicted octanol–water partition coefficient (Wildman–Crippen LogP) is 3.62. The summed E-state index contributed by atoms with van der Waals surface area (Å²) in [6.07, 6.45) is 4.10. The van der Waals surface area contributed by atoms with Crippen molar-refractivity contribution in [1.29, 1.82) is 0 Å². The summed E-state index contributed by atoms with van der Waals surface area (Å²) in [6, 6.07) is 11.3. The van der Waals surface area contributed by atoms with E-state index in [0.717, 1.165) is 5.56 Å². The Balaban J connectivity index is 2.15. The van der Waals surface area contributed by atoms with Gasteiger partial charge in [0.05, 0.1) is 0 Å². The van der Waals surface area contributed by atoms with Crippen LogP contribution in [0.15, 0.2) is 41.8 Å². The number of hydrogen-bond donors (Lipinski definition) is 1. The first-order chi connectivity index (χ1) is 6.84. The van der Waals surface area contributed by atoms with E-state index in [0.29, 0.717) is 5.75 Å². The lowest BCUT2D eigenvalue weighted by Gasteiger charge is -1.93. The molecule has 1 heterocycles. The van der Waals surface area contributed by atoms with Gasteiger partial charge in [0.15, 0.2) is 0 Å². The van der Waals surface area contributed by atoms with Crippen LogP contribution in [0.3, 0.4) is 0 Å². The SMILES string of the molecule is Oc1ccc(/C=C/c2cccs2)cc1. The molecule has 0 saturated carbocycles. The van der Waals surface area contributed by atoms with Crippen molar-refractivity contribution in [2.24, 2.45) is 0 Å². The monoisotopic (exact) mass is 202 g/mol. The van der Waals surface area contributed by atoms with E-state index >= 15 is 0 Å². The van der Waals surface area contributed by atoms with E-state index < -0.39 is 0 Å². The summed E-state index contributed by atoms with van der Waals surface area (Å²) < 4.78 is 0. The molecular formula is C12H10OS. The van der Waals surface area contributed by atoms with E-state index in [9.17, 15) is 0 Å². The smallest absolute Gasteiger partial charge is 0.115 e. The van der Waals surface area contributed by atoms with Gasteiger partial charge in [-0.25, -0.2) is 0 Å². The average Bonchev–Trinajstić information content (AvgIpc) is 2.70. The third-order valence-corrected chi connectivity index (χ3v) is 2.71. The molecule has 0 unspecified atom stereocenters. The molecule has 0 saturated heterocycles. The summed E-state index contributed by atoms with van der Waals surface area (Å²) in [4.78, 5) is 1.23. The van der Waals surface area contributed by atoms with E-state index in [4.69, 9.17) is 5.11 Å². The van der Waals surface area contributed by atoms with Crippen LogP contribution in [0.2, 0.25) is 0 Å². The summed E-state index contributed by atoms with van der Waals surface area (Å²) in [7, 11) is 0. The van der Waals surface area contributed by atoms with Crippen LogP contribution in [0, 0.1) is 0 Å². The third-order valence-electron chi connectivity index (χ3n) is 1.88. The summed E-state index contributed by atoms with van der Waals surface area (Å²) in [5, 5.41) is 11.1. The number of phenols is 1. The maximum absolute atomic E-state index is 9.09. The Kier molecular flexibility index (Phi) is 2.65. The van der Waals surface area contributed by atoms with Crippen LogP contribution in [0.1, 0.15) is 10.4 Å². The minimum absolute atomic E-state index is 0.304. The fourth-order valence-corrected chi connectivity index (χ4v) is 1.77. The highest BCUT2D eigenvalue weighted by Gasteiger charge is 1.89. The van der Waals surface area contributed by atoms with Crippen molar-refractivity contribution in [2.45, 2.75) is 0 Å². The topological polar surface area (TPSA) is 20.2 Å². The molecule has 14 heavy (non-hydrogen) atoms. The second-order valence-electron chi connectivity index (χ2n) is 2.94. The van der Waals surface area contributed by atoms with Gasteiger partial charge >= 0.3 is 0 Å². The molecule has 2 heteroatoms. The Hall–Kier alpha value is -1.54. The van der Waals surface area contributed by atoms with Gasteiger partial charge < -0.3 is 5.11 Å². The van der Waals surface area contributed by atoms with Gasteiger partial charge in [-0.05, 0) is 35.2 Å². The number of phenolic OH excluding ortho intramolecular Hbond substituents is 1. The van der Waals surface area contributed by atoms with Crippen LogP contribution in [0.25, 0.3) is 12.2 Å². The molecule has 0 fully saturated rings. The zero-order chi connectivity index (χ0) is 9.80. The largest absolute Gasteiger partial charge is 0.508 e. The maximum atomic E-state index is 9.09. The van der Waals surface area contributed by atoms with Gasteiger partial charge in [-0.3, -0.25) is 0 Å². The predicted molar refractivity (Wildman–Crippen MR) is 61.4 cm³/mol. The minimum atomic E-state index is 0.304. The Labute approximate surface area is 87.0 Å². The molecule has 1 aromatic carbocycles. The summed E-state index contributed by atoms with van der Waals surface area (Å²) in [6.45, 7) is 0. The Bertz CT molecular complexity index is 412. The molecule has 0 spiro atoms. The van der Waals surface area contributed by atoms with E-state index in [-0.39, 0.29) is 0 Å². The minimum Gasteiger partial charge on any atom is -0.508 e. The van der Waals surface area contributed by atoms with E-state index in [1.165, 1.54) is 4.88 Å². The molecule has 70 valence electrons. The lowest BCUT2D eigenvalue weighted by molar-refractivity contribution is 0.475. The number of hydrogen-bond acceptors (Lipinski definition) is 2.